The fourth-order valence-electron chi connectivity index (χ4n) is 4.36. The van der Waals surface area contributed by atoms with Gasteiger partial charge in [-0.3, -0.25) is 9.78 Å². The van der Waals surface area contributed by atoms with Crippen molar-refractivity contribution in [3.05, 3.63) is 42.1 Å². The van der Waals surface area contributed by atoms with Crippen molar-refractivity contribution in [1.82, 2.24) is 19.9 Å². The van der Waals surface area contributed by atoms with E-state index in [1.54, 1.807) is 13.2 Å². The second kappa shape index (κ2) is 7.69. The van der Waals surface area contributed by atoms with Crippen molar-refractivity contribution in [2.75, 3.05) is 36.9 Å². The van der Waals surface area contributed by atoms with E-state index in [1.807, 2.05) is 23.2 Å². The fraction of sp³-hybridized carbons (Fsp3) is 0.500. The van der Waals surface area contributed by atoms with Crippen LogP contribution in [0.15, 0.2) is 30.7 Å². The minimum Gasteiger partial charge on any atom is -0.371 e. The first kappa shape index (κ1) is 18.6. The van der Waals surface area contributed by atoms with E-state index in [0.717, 1.165) is 44.5 Å². The number of halogens is 1. The van der Waals surface area contributed by atoms with E-state index >= 15 is 0 Å². The first-order valence-electron chi connectivity index (χ1n) is 9.70. The van der Waals surface area contributed by atoms with Crippen molar-refractivity contribution in [2.24, 2.45) is 5.41 Å². The van der Waals surface area contributed by atoms with Gasteiger partial charge in [-0.05, 0) is 30.9 Å². The summed E-state index contributed by atoms with van der Waals surface area (Å²) in [6.45, 7) is 2.92. The zero-order valence-corrected chi connectivity index (χ0v) is 16.1. The first-order valence-corrected chi connectivity index (χ1v) is 9.70. The number of amides is 1. The molecule has 2 saturated heterocycles. The topological polar surface area (TPSA) is 74.2 Å². The summed E-state index contributed by atoms with van der Waals surface area (Å²) in [6.07, 6.45) is 8.27. The summed E-state index contributed by atoms with van der Waals surface area (Å²) >= 11 is 0. The van der Waals surface area contributed by atoms with Crippen LogP contribution in [0.5, 0.6) is 0 Å². The Morgan fingerprint density at radius 3 is 2.96 bits per heavy atom. The molecule has 0 bridgehead atoms. The number of pyridine rings is 1. The van der Waals surface area contributed by atoms with Crippen molar-refractivity contribution >= 4 is 17.7 Å². The molecule has 0 saturated carbocycles. The van der Waals surface area contributed by atoms with Crippen molar-refractivity contribution in [2.45, 2.75) is 32.2 Å². The van der Waals surface area contributed by atoms with Gasteiger partial charge in [0.2, 0.25) is 11.9 Å². The predicted octanol–water partition coefficient (Wildman–Crippen LogP) is 2.46. The van der Waals surface area contributed by atoms with Gasteiger partial charge in [0.1, 0.15) is 0 Å². The lowest BCUT2D eigenvalue weighted by molar-refractivity contribution is -0.138. The van der Waals surface area contributed by atoms with Crippen LogP contribution in [-0.4, -0.2) is 52.4 Å². The Kier molecular flexibility index (Phi) is 5.11. The lowest BCUT2D eigenvalue weighted by Gasteiger charge is -2.48. The molecule has 2 aliphatic rings. The van der Waals surface area contributed by atoms with Gasteiger partial charge in [0, 0.05) is 57.5 Å². The molecule has 1 atom stereocenters. The summed E-state index contributed by atoms with van der Waals surface area (Å²) in [5, 5.41) is 2.77. The predicted molar refractivity (Wildman–Crippen MR) is 104 cm³/mol. The average Bonchev–Trinajstić information content (AvgIpc) is 2.72. The second-order valence-electron chi connectivity index (χ2n) is 7.75. The maximum Gasteiger partial charge on any atom is 0.227 e. The molecule has 2 aliphatic heterocycles. The van der Waals surface area contributed by atoms with Crippen molar-refractivity contribution in [3.63, 3.8) is 0 Å². The molecule has 0 unspecified atom stereocenters. The highest BCUT2D eigenvalue weighted by Crippen LogP contribution is 2.40. The molecule has 0 radical (unpaired) electrons. The maximum absolute atomic E-state index is 13.7. The highest BCUT2D eigenvalue weighted by atomic mass is 19.1. The molecular weight excluding hydrogens is 359 g/mol. The number of rotatable bonds is 4. The third-order valence-electron chi connectivity index (χ3n) is 5.76. The normalized spacial score (nSPS) is 22.6. The maximum atomic E-state index is 13.7. The van der Waals surface area contributed by atoms with Crippen LogP contribution >= 0.6 is 0 Å². The minimum absolute atomic E-state index is 0.0198. The number of carbonyl (C=O) groups excluding carboxylic acids is 1. The lowest BCUT2D eigenvalue weighted by atomic mass is 9.73. The Labute approximate surface area is 164 Å². The van der Waals surface area contributed by atoms with Gasteiger partial charge in [-0.25, -0.2) is 9.37 Å². The van der Waals surface area contributed by atoms with E-state index in [2.05, 4.69) is 25.2 Å². The van der Waals surface area contributed by atoms with Gasteiger partial charge in [-0.1, -0.05) is 6.07 Å². The summed E-state index contributed by atoms with van der Waals surface area (Å²) in [4.78, 5) is 29.3. The molecule has 2 aromatic rings. The van der Waals surface area contributed by atoms with Crippen LogP contribution in [0.1, 0.15) is 31.2 Å². The molecule has 0 aliphatic carbocycles. The number of carbonyl (C=O) groups is 1. The number of nitrogens with zero attached hydrogens (tertiary/aromatic N) is 5. The number of aromatic nitrogens is 3. The Morgan fingerprint density at radius 2 is 2.18 bits per heavy atom. The summed E-state index contributed by atoms with van der Waals surface area (Å²) in [6, 6.07) is 3.90. The SMILES string of the molecule is CNc1nc(N2CCC[C@@]3(CCC(=O)N(Cc4cccnc4)C3)C2)ncc1F. The zero-order valence-electron chi connectivity index (χ0n) is 16.1. The highest BCUT2D eigenvalue weighted by molar-refractivity contribution is 5.77. The Balaban J connectivity index is 1.51. The number of piperidine rings is 2. The Morgan fingerprint density at radius 1 is 1.29 bits per heavy atom. The van der Waals surface area contributed by atoms with Crippen molar-refractivity contribution in [1.29, 1.82) is 0 Å². The molecule has 1 spiro atoms. The van der Waals surface area contributed by atoms with E-state index in [9.17, 15) is 9.18 Å². The Hall–Kier alpha value is -2.77. The minimum atomic E-state index is -0.455. The molecule has 2 aromatic heterocycles. The standard InChI is InChI=1S/C20H25FN6O/c1-22-18-16(21)11-24-19(25-18)26-9-3-6-20(13-26)7-5-17(28)27(14-20)12-15-4-2-8-23-10-15/h2,4,8,10-11H,3,5-7,9,12-14H2,1H3,(H,22,24,25)/t20-/m1/s1. The van der Waals surface area contributed by atoms with E-state index in [-0.39, 0.29) is 17.1 Å². The van der Waals surface area contributed by atoms with Gasteiger partial charge in [0.05, 0.1) is 6.20 Å². The molecule has 148 valence electrons. The van der Waals surface area contributed by atoms with Crippen LogP contribution in [0.4, 0.5) is 16.2 Å². The first-order chi connectivity index (χ1) is 13.6. The smallest absolute Gasteiger partial charge is 0.227 e. The van der Waals surface area contributed by atoms with Gasteiger partial charge >= 0.3 is 0 Å². The summed E-state index contributed by atoms with van der Waals surface area (Å²) in [7, 11) is 1.65. The number of anilines is 2. The molecule has 4 heterocycles. The molecule has 4 rings (SSSR count). The monoisotopic (exact) mass is 384 g/mol. The van der Waals surface area contributed by atoms with E-state index < -0.39 is 5.82 Å². The van der Waals surface area contributed by atoms with Crippen LogP contribution in [0.3, 0.4) is 0 Å². The van der Waals surface area contributed by atoms with Crippen molar-refractivity contribution < 1.29 is 9.18 Å². The summed E-state index contributed by atoms with van der Waals surface area (Å²) in [5.74, 6) is 0.494. The molecule has 1 amide bonds. The molecular formula is C20H25FN6O. The molecule has 28 heavy (non-hydrogen) atoms. The van der Waals surface area contributed by atoms with Crippen LogP contribution in [0.2, 0.25) is 0 Å². The third-order valence-corrected chi connectivity index (χ3v) is 5.76. The number of nitrogens with one attached hydrogen (secondary N) is 1. The van der Waals surface area contributed by atoms with Crippen LogP contribution < -0.4 is 10.2 Å². The number of hydrogen-bond acceptors (Lipinski definition) is 6. The van der Waals surface area contributed by atoms with Gasteiger partial charge in [0.25, 0.3) is 0 Å². The summed E-state index contributed by atoms with van der Waals surface area (Å²) in [5.41, 5.74) is 1.06. The summed E-state index contributed by atoms with van der Waals surface area (Å²) < 4.78 is 13.7. The zero-order chi connectivity index (χ0) is 19.6. The van der Waals surface area contributed by atoms with Gasteiger partial charge < -0.3 is 15.1 Å². The molecule has 7 nitrogen and oxygen atoms in total. The number of hydrogen-bond donors (Lipinski definition) is 1. The van der Waals surface area contributed by atoms with Crippen molar-refractivity contribution in [3.8, 4) is 0 Å². The molecule has 1 N–H and O–H groups in total. The van der Waals surface area contributed by atoms with Crippen LogP contribution in [-0.2, 0) is 11.3 Å². The van der Waals surface area contributed by atoms with E-state index in [0.29, 0.717) is 18.9 Å². The number of likely N-dealkylation sites (tertiary alicyclic amines) is 1. The molecule has 2 fully saturated rings. The second-order valence-corrected chi connectivity index (χ2v) is 7.75. The Bertz CT molecular complexity index is 848. The average molecular weight is 384 g/mol. The van der Waals surface area contributed by atoms with Gasteiger partial charge in [-0.15, -0.1) is 0 Å². The fourth-order valence-corrected chi connectivity index (χ4v) is 4.36. The van der Waals surface area contributed by atoms with Crippen LogP contribution in [0.25, 0.3) is 0 Å². The largest absolute Gasteiger partial charge is 0.371 e. The van der Waals surface area contributed by atoms with E-state index in [4.69, 9.17) is 0 Å². The van der Waals surface area contributed by atoms with Crippen LogP contribution in [0, 0.1) is 11.2 Å². The lowest BCUT2D eigenvalue weighted by Crippen LogP contribution is -2.54. The quantitative estimate of drug-likeness (QED) is 0.873. The third kappa shape index (κ3) is 3.76. The van der Waals surface area contributed by atoms with Gasteiger partial charge in [0.15, 0.2) is 11.6 Å². The molecule has 8 heteroatoms. The highest BCUT2D eigenvalue weighted by Gasteiger charge is 2.42. The molecule has 0 aromatic carbocycles. The van der Waals surface area contributed by atoms with E-state index in [1.165, 1.54) is 6.20 Å². The van der Waals surface area contributed by atoms with Gasteiger partial charge in [-0.2, -0.15) is 4.98 Å².